The van der Waals surface area contributed by atoms with Gasteiger partial charge in [-0.05, 0) is 50.3 Å². The Balaban J connectivity index is 1.93. The van der Waals surface area contributed by atoms with Crippen LogP contribution >= 0.6 is 11.3 Å². The highest BCUT2D eigenvalue weighted by atomic mass is 32.2. The SMILES string of the molecule is CCNC(Cc1ccc(CC)s1)CC1CCS(=O)(=O)C1. The number of aryl methyl sites for hydroxylation is 1. The first kappa shape index (κ1) is 16.0. The lowest BCUT2D eigenvalue weighted by molar-refractivity contribution is 0.411. The zero-order valence-corrected chi connectivity index (χ0v) is 14.0. The molecule has 2 rings (SSSR count). The maximum Gasteiger partial charge on any atom is 0.150 e. The molecule has 2 heterocycles. The van der Waals surface area contributed by atoms with Crippen LogP contribution in [-0.4, -0.2) is 32.5 Å². The van der Waals surface area contributed by atoms with Gasteiger partial charge in [0.1, 0.15) is 0 Å². The zero-order chi connectivity index (χ0) is 14.6. The quantitative estimate of drug-likeness (QED) is 0.841. The summed E-state index contributed by atoms with van der Waals surface area (Å²) in [5.74, 6) is 1.12. The van der Waals surface area contributed by atoms with Gasteiger partial charge in [0.05, 0.1) is 11.5 Å². The molecule has 1 aromatic heterocycles. The summed E-state index contributed by atoms with van der Waals surface area (Å²) >= 11 is 1.89. The maximum atomic E-state index is 11.6. The molecule has 0 aliphatic carbocycles. The standard InChI is InChI=1S/C15H25NO2S2/c1-3-14-5-6-15(19-14)10-13(16-4-2)9-12-7-8-20(17,18)11-12/h5-6,12-13,16H,3-4,7-11H2,1-2H3. The van der Waals surface area contributed by atoms with Crippen molar-refractivity contribution in [3.8, 4) is 0 Å². The first-order valence-corrected chi connectivity index (χ1v) is 10.2. The average Bonchev–Trinajstić information content (AvgIpc) is 2.96. The summed E-state index contributed by atoms with van der Waals surface area (Å²) in [6.07, 6.45) is 3.94. The fourth-order valence-electron chi connectivity index (χ4n) is 2.95. The summed E-state index contributed by atoms with van der Waals surface area (Å²) in [5.41, 5.74) is 0. The third kappa shape index (κ3) is 4.57. The number of nitrogens with one attached hydrogen (secondary N) is 1. The minimum Gasteiger partial charge on any atom is -0.314 e. The molecule has 2 atom stereocenters. The molecule has 1 N–H and O–H groups in total. The van der Waals surface area contributed by atoms with Gasteiger partial charge >= 0.3 is 0 Å². The van der Waals surface area contributed by atoms with Crippen molar-refractivity contribution in [2.24, 2.45) is 5.92 Å². The fraction of sp³-hybridized carbons (Fsp3) is 0.733. The van der Waals surface area contributed by atoms with Crippen LogP contribution in [-0.2, 0) is 22.7 Å². The monoisotopic (exact) mass is 315 g/mol. The largest absolute Gasteiger partial charge is 0.314 e. The topological polar surface area (TPSA) is 46.2 Å². The van der Waals surface area contributed by atoms with E-state index in [-0.39, 0.29) is 0 Å². The number of sulfone groups is 1. The minimum absolute atomic E-state index is 0.342. The molecule has 0 radical (unpaired) electrons. The number of thiophene rings is 1. The van der Waals surface area contributed by atoms with Crippen LogP contribution < -0.4 is 5.32 Å². The Bertz CT molecular complexity index is 522. The van der Waals surface area contributed by atoms with Crippen LogP contribution in [0.2, 0.25) is 0 Å². The molecule has 3 nitrogen and oxygen atoms in total. The second-order valence-electron chi connectivity index (χ2n) is 5.69. The van der Waals surface area contributed by atoms with Gasteiger partial charge in [0.25, 0.3) is 0 Å². The van der Waals surface area contributed by atoms with Gasteiger partial charge in [0.15, 0.2) is 9.84 Å². The van der Waals surface area contributed by atoms with E-state index in [9.17, 15) is 8.42 Å². The third-order valence-electron chi connectivity index (χ3n) is 3.95. The molecular weight excluding hydrogens is 290 g/mol. The van der Waals surface area contributed by atoms with E-state index in [2.05, 4.69) is 31.3 Å². The van der Waals surface area contributed by atoms with E-state index in [1.165, 1.54) is 9.75 Å². The Hall–Kier alpha value is -0.390. The van der Waals surface area contributed by atoms with Gasteiger partial charge in [-0.2, -0.15) is 0 Å². The number of likely N-dealkylation sites (N-methyl/N-ethyl adjacent to an activating group) is 1. The molecule has 0 aromatic carbocycles. The Morgan fingerprint density at radius 2 is 2.10 bits per heavy atom. The molecule has 114 valence electrons. The molecule has 20 heavy (non-hydrogen) atoms. The van der Waals surface area contributed by atoms with Gasteiger partial charge in [-0.25, -0.2) is 8.42 Å². The number of rotatable bonds is 7. The number of hydrogen-bond donors (Lipinski definition) is 1. The normalized spacial score (nSPS) is 23.0. The Morgan fingerprint density at radius 3 is 2.65 bits per heavy atom. The first-order chi connectivity index (χ1) is 9.52. The van der Waals surface area contributed by atoms with Crippen molar-refractivity contribution in [3.05, 3.63) is 21.9 Å². The van der Waals surface area contributed by atoms with Gasteiger partial charge in [-0.1, -0.05) is 13.8 Å². The van der Waals surface area contributed by atoms with Crippen LogP contribution in [0.4, 0.5) is 0 Å². The molecule has 0 bridgehead atoms. The van der Waals surface area contributed by atoms with E-state index in [0.717, 1.165) is 32.2 Å². The molecule has 1 fully saturated rings. The van der Waals surface area contributed by atoms with E-state index < -0.39 is 9.84 Å². The van der Waals surface area contributed by atoms with Crippen LogP contribution in [0, 0.1) is 5.92 Å². The minimum atomic E-state index is -2.75. The first-order valence-electron chi connectivity index (χ1n) is 7.53. The van der Waals surface area contributed by atoms with Crippen molar-refractivity contribution < 1.29 is 8.42 Å². The van der Waals surface area contributed by atoms with Gasteiger partial charge in [-0.3, -0.25) is 0 Å². The molecule has 1 aromatic rings. The van der Waals surface area contributed by atoms with Crippen LogP contribution in [0.1, 0.15) is 36.4 Å². The maximum absolute atomic E-state index is 11.6. The van der Waals surface area contributed by atoms with Crippen LogP contribution in [0.5, 0.6) is 0 Å². The highest BCUT2D eigenvalue weighted by molar-refractivity contribution is 7.91. The van der Waals surface area contributed by atoms with Crippen LogP contribution in [0.25, 0.3) is 0 Å². The summed E-state index contributed by atoms with van der Waals surface area (Å²) in [6.45, 7) is 5.24. The van der Waals surface area contributed by atoms with Crippen molar-refractivity contribution in [2.45, 2.75) is 45.6 Å². The summed E-state index contributed by atoms with van der Waals surface area (Å²) in [5, 5.41) is 3.52. The van der Waals surface area contributed by atoms with E-state index in [0.29, 0.717) is 23.5 Å². The van der Waals surface area contributed by atoms with Crippen molar-refractivity contribution in [1.29, 1.82) is 0 Å². The van der Waals surface area contributed by atoms with Gasteiger partial charge in [0.2, 0.25) is 0 Å². The Kier molecular flexibility index (Phi) is 5.64. The molecule has 0 saturated carbocycles. The van der Waals surface area contributed by atoms with E-state index in [1.54, 1.807) is 0 Å². The molecular formula is C15H25NO2S2. The van der Waals surface area contributed by atoms with Crippen LogP contribution in [0.15, 0.2) is 12.1 Å². The molecule has 1 saturated heterocycles. The van der Waals surface area contributed by atoms with Crippen LogP contribution in [0.3, 0.4) is 0 Å². The van der Waals surface area contributed by atoms with E-state index >= 15 is 0 Å². The van der Waals surface area contributed by atoms with Gasteiger partial charge < -0.3 is 5.32 Å². The predicted octanol–water partition coefficient (Wildman–Crippen LogP) is 2.66. The molecule has 2 unspecified atom stereocenters. The lowest BCUT2D eigenvalue weighted by atomic mass is 9.97. The van der Waals surface area contributed by atoms with Crippen molar-refractivity contribution in [3.63, 3.8) is 0 Å². The van der Waals surface area contributed by atoms with Crippen molar-refractivity contribution in [1.82, 2.24) is 5.32 Å². The van der Waals surface area contributed by atoms with Crippen molar-refractivity contribution >= 4 is 21.2 Å². The lowest BCUT2D eigenvalue weighted by Gasteiger charge is -2.20. The Morgan fingerprint density at radius 1 is 1.35 bits per heavy atom. The summed E-state index contributed by atoms with van der Waals surface area (Å²) in [4.78, 5) is 2.84. The molecule has 0 amide bonds. The summed E-state index contributed by atoms with van der Waals surface area (Å²) in [7, 11) is -2.75. The average molecular weight is 316 g/mol. The molecule has 1 aliphatic rings. The Labute approximate surface area is 126 Å². The lowest BCUT2D eigenvalue weighted by Crippen LogP contribution is -2.33. The predicted molar refractivity (Wildman–Crippen MR) is 86.2 cm³/mol. The van der Waals surface area contributed by atoms with E-state index in [4.69, 9.17) is 0 Å². The molecule has 0 spiro atoms. The highest BCUT2D eigenvalue weighted by Gasteiger charge is 2.29. The molecule has 5 heteroatoms. The fourth-order valence-corrected chi connectivity index (χ4v) is 5.87. The third-order valence-corrected chi connectivity index (χ3v) is 7.04. The second-order valence-corrected chi connectivity index (χ2v) is 9.17. The zero-order valence-electron chi connectivity index (χ0n) is 12.4. The second kappa shape index (κ2) is 7.05. The highest BCUT2D eigenvalue weighted by Crippen LogP contribution is 2.25. The number of hydrogen-bond acceptors (Lipinski definition) is 4. The van der Waals surface area contributed by atoms with E-state index in [1.807, 2.05) is 11.3 Å². The van der Waals surface area contributed by atoms with Gasteiger partial charge in [-0.15, -0.1) is 11.3 Å². The van der Waals surface area contributed by atoms with Gasteiger partial charge in [0, 0.05) is 15.8 Å². The summed E-state index contributed by atoms with van der Waals surface area (Å²) < 4.78 is 23.1. The van der Waals surface area contributed by atoms with Crippen molar-refractivity contribution in [2.75, 3.05) is 18.1 Å². The summed E-state index contributed by atoms with van der Waals surface area (Å²) in [6, 6.07) is 4.84. The molecule has 1 aliphatic heterocycles. The smallest absolute Gasteiger partial charge is 0.150 e.